The van der Waals surface area contributed by atoms with Crippen LogP contribution in [0.25, 0.3) is 0 Å². The molecule has 2 rings (SSSR count). The number of carbonyl (C=O) groups is 1. The maximum absolute atomic E-state index is 12.6. The highest BCUT2D eigenvalue weighted by atomic mass is 16.5. The van der Waals surface area contributed by atoms with Crippen molar-refractivity contribution >= 4 is 11.6 Å². The standard InChI is InChI=1S/C22H29NO2.C2H6/c1-7-25-19-13-16(3)12-17(4)21(19)22(5,6)14-20(24)23-18-10-8-15(2)9-11-18;1-2/h8-13H,7,14H2,1-6H3,(H,23,24);1-2H3. The Morgan fingerprint density at radius 2 is 1.59 bits per heavy atom. The molecule has 0 saturated heterocycles. The molecule has 0 radical (unpaired) electrons. The van der Waals surface area contributed by atoms with Gasteiger partial charge in [-0.1, -0.05) is 51.5 Å². The van der Waals surface area contributed by atoms with Gasteiger partial charge in [-0.15, -0.1) is 0 Å². The van der Waals surface area contributed by atoms with Gasteiger partial charge in [-0.2, -0.15) is 0 Å². The lowest BCUT2D eigenvalue weighted by molar-refractivity contribution is -0.117. The topological polar surface area (TPSA) is 38.3 Å². The van der Waals surface area contributed by atoms with E-state index in [-0.39, 0.29) is 11.3 Å². The molecule has 0 heterocycles. The SMILES string of the molecule is CC.CCOc1cc(C)cc(C)c1C(C)(C)CC(=O)Nc1ccc(C)cc1. The monoisotopic (exact) mass is 369 g/mol. The van der Waals surface area contributed by atoms with Crippen molar-refractivity contribution in [1.29, 1.82) is 0 Å². The average Bonchev–Trinajstić information content (AvgIpc) is 2.57. The van der Waals surface area contributed by atoms with Crippen LogP contribution < -0.4 is 10.1 Å². The Labute approximate surface area is 165 Å². The van der Waals surface area contributed by atoms with Gasteiger partial charge < -0.3 is 10.1 Å². The number of carbonyl (C=O) groups excluding carboxylic acids is 1. The second kappa shape index (κ2) is 10.1. The number of anilines is 1. The number of hydrogen-bond donors (Lipinski definition) is 1. The van der Waals surface area contributed by atoms with Crippen LogP contribution in [0.2, 0.25) is 0 Å². The molecule has 0 aliphatic carbocycles. The minimum atomic E-state index is -0.322. The molecule has 0 fully saturated rings. The van der Waals surface area contributed by atoms with Crippen LogP contribution in [0.5, 0.6) is 5.75 Å². The Hall–Kier alpha value is -2.29. The van der Waals surface area contributed by atoms with Crippen molar-refractivity contribution in [3.05, 3.63) is 58.7 Å². The van der Waals surface area contributed by atoms with Crippen LogP contribution >= 0.6 is 0 Å². The summed E-state index contributed by atoms with van der Waals surface area (Å²) in [6, 6.07) is 12.1. The molecule has 1 N–H and O–H groups in total. The van der Waals surface area contributed by atoms with Crippen molar-refractivity contribution < 1.29 is 9.53 Å². The lowest BCUT2D eigenvalue weighted by Crippen LogP contribution is -2.27. The molecule has 0 aliphatic heterocycles. The van der Waals surface area contributed by atoms with Gasteiger partial charge in [0.25, 0.3) is 0 Å². The van der Waals surface area contributed by atoms with Gasteiger partial charge in [0.1, 0.15) is 5.75 Å². The molecule has 3 heteroatoms. The summed E-state index contributed by atoms with van der Waals surface area (Å²) >= 11 is 0. The van der Waals surface area contributed by atoms with E-state index in [1.54, 1.807) is 0 Å². The highest BCUT2D eigenvalue weighted by Crippen LogP contribution is 2.38. The Bertz CT molecular complexity index is 746. The molecular formula is C24H35NO2. The lowest BCUT2D eigenvalue weighted by Gasteiger charge is -2.29. The summed E-state index contributed by atoms with van der Waals surface area (Å²) in [7, 11) is 0. The van der Waals surface area contributed by atoms with Crippen LogP contribution in [-0.2, 0) is 10.2 Å². The zero-order valence-corrected chi connectivity index (χ0v) is 18.2. The molecule has 0 aromatic heterocycles. The third-order valence-corrected chi connectivity index (χ3v) is 4.36. The largest absolute Gasteiger partial charge is 0.494 e. The van der Waals surface area contributed by atoms with E-state index < -0.39 is 0 Å². The maximum Gasteiger partial charge on any atom is 0.225 e. The van der Waals surface area contributed by atoms with E-state index in [2.05, 4.69) is 45.1 Å². The Morgan fingerprint density at radius 3 is 2.15 bits per heavy atom. The molecule has 0 atom stereocenters. The summed E-state index contributed by atoms with van der Waals surface area (Å²) in [6.45, 7) is 17.0. The normalized spacial score (nSPS) is 10.7. The second-order valence-electron chi connectivity index (χ2n) is 7.36. The number of amides is 1. The van der Waals surface area contributed by atoms with E-state index in [1.807, 2.05) is 52.0 Å². The summed E-state index contributed by atoms with van der Waals surface area (Å²) in [5.41, 5.74) is 5.13. The number of benzene rings is 2. The smallest absolute Gasteiger partial charge is 0.225 e. The van der Waals surface area contributed by atoms with E-state index in [1.165, 1.54) is 11.1 Å². The van der Waals surface area contributed by atoms with Crippen molar-refractivity contribution in [3.8, 4) is 5.75 Å². The minimum Gasteiger partial charge on any atom is -0.494 e. The van der Waals surface area contributed by atoms with Gasteiger partial charge in [0.05, 0.1) is 6.61 Å². The maximum atomic E-state index is 12.6. The Balaban J connectivity index is 0.00000176. The van der Waals surface area contributed by atoms with Gasteiger partial charge in [0.2, 0.25) is 5.91 Å². The fraction of sp³-hybridized carbons (Fsp3) is 0.458. The third kappa shape index (κ3) is 6.42. The van der Waals surface area contributed by atoms with Gasteiger partial charge in [-0.3, -0.25) is 4.79 Å². The summed E-state index contributed by atoms with van der Waals surface area (Å²) in [4.78, 5) is 12.6. The first kappa shape index (κ1) is 22.8. The van der Waals surface area contributed by atoms with Crippen LogP contribution in [0, 0.1) is 20.8 Å². The number of rotatable bonds is 6. The molecule has 0 unspecified atom stereocenters. The molecule has 2 aromatic rings. The van der Waals surface area contributed by atoms with E-state index in [9.17, 15) is 4.79 Å². The van der Waals surface area contributed by atoms with Gasteiger partial charge in [0, 0.05) is 23.1 Å². The first-order valence-electron chi connectivity index (χ1n) is 9.84. The van der Waals surface area contributed by atoms with Crippen LogP contribution in [0.15, 0.2) is 36.4 Å². The van der Waals surface area contributed by atoms with E-state index in [4.69, 9.17) is 4.74 Å². The predicted octanol–water partition coefficient (Wildman–Crippen LogP) is 6.34. The Morgan fingerprint density at radius 1 is 1.00 bits per heavy atom. The molecule has 2 aromatic carbocycles. The van der Waals surface area contributed by atoms with Crippen LogP contribution in [0.1, 0.15) is 63.3 Å². The number of aryl methyl sites for hydroxylation is 3. The quantitative estimate of drug-likeness (QED) is 0.645. The summed E-state index contributed by atoms with van der Waals surface area (Å²) < 4.78 is 5.87. The highest BCUT2D eigenvalue weighted by Gasteiger charge is 2.29. The molecular weight excluding hydrogens is 334 g/mol. The van der Waals surface area contributed by atoms with E-state index in [0.29, 0.717) is 13.0 Å². The number of nitrogens with one attached hydrogen (secondary N) is 1. The fourth-order valence-electron chi connectivity index (χ4n) is 3.40. The van der Waals surface area contributed by atoms with Crippen molar-refractivity contribution in [3.63, 3.8) is 0 Å². The molecule has 0 aliphatic rings. The summed E-state index contributed by atoms with van der Waals surface area (Å²) in [5, 5.41) is 3.00. The van der Waals surface area contributed by atoms with Gasteiger partial charge >= 0.3 is 0 Å². The highest BCUT2D eigenvalue weighted by molar-refractivity contribution is 5.91. The molecule has 0 bridgehead atoms. The van der Waals surface area contributed by atoms with Crippen molar-refractivity contribution in [2.45, 2.75) is 67.2 Å². The Kier molecular flexibility index (Phi) is 8.55. The van der Waals surface area contributed by atoms with Gasteiger partial charge in [0.15, 0.2) is 0 Å². The molecule has 3 nitrogen and oxygen atoms in total. The number of ether oxygens (including phenoxy) is 1. The molecule has 148 valence electrons. The van der Waals surface area contributed by atoms with Crippen LogP contribution in [-0.4, -0.2) is 12.5 Å². The third-order valence-electron chi connectivity index (χ3n) is 4.36. The minimum absolute atomic E-state index is 0.0104. The average molecular weight is 370 g/mol. The first-order valence-corrected chi connectivity index (χ1v) is 9.84. The van der Waals surface area contributed by atoms with E-state index >= 15 is 0 Å². The van der Waals surface area contributed by atoms with Crippen molar-refractivity contribution in [1.82, 2.24) is 0 Å². The summed E-state index contributed by atoms with van der Waals surface area (Å²) in [6.07, 6.45) is 0.394. The zero-order valence-electron chi connectivity index (χ0n) is 18.2. The van der Waals surface area contributed by atoms with Crippen molar-refractivity contribution in [2.24, 2.45) is 0 Å². The van der Waals surface area contributed by atoms with Gasteiger partial charge in [-0.05, 0) is 57.0 Å². The molecule has 0 saturated carbocycles. The first-order chi connectivity index (χ1) is 12.7. The zero-order chi connectivity index (χ0) is 20.6. The second-order valence-corrected chi connectivity index (χ2v) is 7.36. The molecule has 27 heavy (non-hydrogen) atoms. The number of hydrogen-bond acceptors (Lipinski definition) is 2. The summed E-state index contributed by atoms with van der Waals surface area (Å²) in [5.74, 6) is 0.893. The molecule has 0 spiro atoms. The van der Waals surface area contributed by atoms with Gasteiger partial charge in [-0.25, -0.2) is 0 Å². The van der Waals surface area contributed by atoms with Crippen molar-refractivity contribution in [2.75, 3.05) is 11.9 Å². The molecule has 1 amide bonds. The predicted molar refractivity (Wildman–Crippen MR) is 116 cm³/mol. The lowest BCUT2D eigenvalue weighted by atomic mass is 9.78. The fourth-order valence-corrected chi connectivity index (χ4v) is 3.40. The van der Waals surface area contributed by atoms with E-state index in [0.717, 1.165) is 22.6 Å². The van der Waals surface area contributed by atoms with Crippen LogP contribution in [0.4, 0.5) is 5.69 Å². The van der Waals surface area contributed by atoms with Crippen LogP contribution in [0.3, 0.4) is 0 Å².